The number of benzene rings is 3. The maximum atomic E-state index is 12.6. The monoisotopic (exact) mass is 372 g/mol. The molecule has 1 aliphatic rings. The molecule has 3 aromatic carbocycles. The van der Waals surface area contributed by atoms with Gasteiger partial charge in [-0.1, -0.05) is 54.6 Å². The lowest BCUT2D eigenvalue weighted by molar-refractivity contribution is -0.126. The van der Waals surface area contributed by atoms with E-state index in [1.807, 2.05) is 66.7 Å². The summed E-state index contributed by atoms with van der Waals surface area (Å²) in [6.45, 7) is 2.04. The van der Waals surface area contributed by atoms with E-state index in [-0.39, 0.29) is 18.3 Å². The van der Waals surface area contributed by atoms with Gasteiger partial charge in [-0.2, -0.15) is 0 Å². The third kappa shape index (κ3) is 2.79. The molecule has 28 heavy (non-hydrogen) atoms. The Labute approximate surface area is 162 Å². The van der Waals surface area contributed by atoms with E-state index in [0.717, 1.165) is 21.9 Å². The van der Waals surface area contributed by atoms with Crippen molar-refractivity contribution in [3.63, 3.8) is 0 Å². The Balaban J connectivity index is 1.73. The summed E-state index contributed by atoms with van der Waals surface area (Å²) < 4.78 is 0. The number of amidine groups is 1. The van der Waals surface area contributed by atoms with Crippen LogP contribution in [0.25, 0.3) is 10.8 Å². The topological polar surface area (TPSA) is 99.3 Å². The summed E-state index contributed by atoms with van der Waals surface area (Å²) in [6, 6.07) is 20.3. The highest BCUT2D eigenvalue weighted by Gasteiger charge is 2.50. The normalized spacial score (nSPS) is 19.1. The van der Waals surface area contributed by atoms with Gasteiger partial charge in [0.25, 0.3) is 5.91 Å². The molecule has 1 aliphatic heterocycles. The number of carbonyl (C=O) groups is 2. The average molecular weight is 372 g/mol. The number of carbonyl (C=O) groups excluding carboxylic acids is 2. The first kappa shape index (κ1) is 17.7. The third-order valence-electron chi connectivity index (χ3n) is 5.34. The van der Waals surface area contributed by atoms with Gasteiger partial charge >= 0.3 is 6.03 Å². The molecule has 0 aromatic heterocycles. The molecule has 6 nitrogen and oxygen atoms in total. The summed E-state index contributed by atoms with van der Waals surface area (Å²) in [7, 11) is 0. The summed E-state index contributed by atoms with van der Waals surface area (Å²) in [6.07, 6.45) is 0. The molecule has 140 valence electrons. The van der Waals surface area contributed by atoms with E-state index >= 15 is 0 Å². The van der Waals surface area contributed by atoms with Gasteiger partial charge in [-0.3, -0.25) is 15.5 Å². The van der Waals surface area contributed by atoms with Gasteiger partial charge in [-0.05, 0) is 41.0 Å². The van der Waals surface area contributed by atoms with Crippen LogP contribution in [0.1, 0.15) is 23.6 Å². The number of amides is 3. The van der Waals surface area contributed by atoms with Crippen molar-refractivity contribution in [3.05, 3.63) is 83.4 Å². The molecule has 1 heterocycles. The SMILES string of the molecule is CC1(c2ccccc2)C(=O)NC(=O)N1Cc1ccc2ccc(C(=N)N)cc2c1. The molecule has 0 spiro atoms. The average Bonchev–Trinajstić information content (AvgIpc) is 2.92. The lowest BCUT2D eigenvalue weighted by Crippen LogP contribution is -2.43. The highest BCUT2D eigenvalue weighted by atomic mass is 16.2. The highest BCUT2D eigenvalue weighted by Crippen LogP contribution is 2.34. The molecule has 1 unspecified atom stereocenters. The van der Waals surface area contributed by atoms with E-state index in [0.29, 0.717) is 5.56 Å². The molecule has 3 amide bonds. The second kappa shape index (κ2) is 6.49. The van der Waals surface area contributed by atoms with Gasteiger partial charge in [-0.25, -0.2) is 4.79 Å². The van der Waals surface area contributed by atoms with Gasteiger partial charge in [0.1, 0.15) is 11.4 Å². The highest BCUT2D eigenvalue weighted by molar-refractivity contribution is 6.07. The molecular weight excluding hydrogens is 352 g/mol. The molecule has 3 aromatic rings. The van der Waals surface area contributed by atoms with E-state index in [1.165, 1.54) is 0 Å². The van der Waals surface area contributed by atoms with E-state index < -0.39 is 11.6 Å². The largest absolute Gasteiger partial charge is 0.384 e. The van der Waals surface area contributed by atoms with Crippen LogP contribution in [0.2, 0.25) is 0 Å². The van der Waals surface area contributed by atoms with Crippen molar-refractivity contribution < 1.29 is 9.59 Å². The molecule has 1 atom stereocenters. The Morgan fingerprint density at radius 3 is 2.46 bits per heavy atom. The van der Waals surface area contributed by atoms with Crippen LogP contribution in [0, 0.1) is 5.41 Å². The number of rotatable bonds is 4. The van der Waals surface area contributed by atoms with E-state index in [4.69, 9.17) is 11.1 Å². The van der Waals surface area contributed by atoms with Crippen LogP contribution in [0.4, 0.5) is 4.79 Å². The Kier molecular flexibility index (Phi) is 4.11. The van der Waals surface area contributed by atoms with Gasteiger partial charge in [0.05, 0.1) is 0 Å². The first-order chi connectivity index (χ1) is 13.4. The maximum absolute atomic E-state index is 12.6. The molecule has 0 bridgehead atoms. The summed E-state index contributed by atoms with van der Waals surface area (Å²) >= 11 is 0. The first-order valence-electron chi connectivity index (χ1n) is 8.95. The number of nitrogen functional groups attached to an aromatic ring is 1. The minimum Gasteiger partial charge on any atom is -0.384 e. The second-order valence-corrected chi connectivity index (χ2v) is 7.09. The predicted molar refractivity (Wildman–Crippen MR) is 108 cm³/mol. The summed E-state index contributed by atoms with van der Waals surface area (Å²) in [5, 5.41) is 12.0. The summed E-state index contributed by atoms with van der Waals surface area (Å²) in [5.41, 5.74) is 6.82. The van der Waals surface area contributed by atoms with Gasteiger partial charge in [0, 0.05) is 12.1 Å². The van der Waals surface area contributed by atoms with Crippen molar-refractivity contribution >= 4 is 28.5 Å². The number of nitrogens with zero attached hydrogens (tertiary/aromatic N) is 1. The number of fused-ring (bicyclic) bond motifs is 1. The zero-order valence-electron chi connectivity index (χ0n) is 15.4. The van der Waals surface area contributed by atoms with Crippen LogP contribution in [-0.4, -0.2) is 22.7 Å². The smallest absolute Gasteiger partial charge is 0.325 e. The van der Waals surface area contributed by atoms with Crippen molar-refractivity contribution in [2.24, 2.45) is 5.73 Å². The summed E-state index contributed by atoms with van der Waals surface area (Å²) in [4.78, 5) is 26.7. The van der Waals surface area contributed by atoms with Crippen LogP contribution in [0.5, 0.6) is 0 Å². The number of hydrogen-bond donors (Lipinski definition) is 3. The minimum atomic E-state index is -1.07. The molecule has 6 heteroatoms. The summed E-state index contributed by atoms with van der Waals surface area (Å²) in [5.74, 6) is -0.322. The third-order valence-corrected chi connectivity index (χ3v) is 5.34. The van der Waals surface area contributed by atoms with Crippen LogP contribution >= 0.6 is 0 Å². The van der Waals surface area contributed by atoms with Gasteiger partial charge < -0.3 is 10.6 Å². The lowest BCUT2D eigenvalue weighted by Gasteiger charge is -2.32. The van der Waals surface area contributed by atoms with Crippen molar-refractivity contribution in [1.82, 2.24) is 10.2 Å². The van der Waals surface area contributed by atoms with Crippen molar-refractivity contribution in [2.75, 3.05) is 0 Å². The fraction of sp³-hybridized carbons (Fsp3) is 0.136. The van der Waals surface area contributed by atoms with Gasteiger partial charge in [0.15, 0.2) is 0 Å². The molecule has 0 saturated carbocycles. The number of nitrogens with one attached hydrogen (secondary N) is 2. The van der Waals surface area contributed by atoms with Crippen LogP contribution in [-0.2, 0) is 16.9 Å². The van der Waals surface area contributed by atoms with Crippen LogP contribution in [0.15, 0.2) is 66.7 Å². The molecule has 0 aliphatic carbocycles. The molecule has 0 radical (unpaired) electrons. The Morgan fingerprint density at radius 1 is 1.04 bits per heavy atom. The first-order valence-corrected chi connectivity index (χ1v) is 8.95. The molecular formula is C22H20N4O2. The van der Waals surface area contributed by atoms with Crippen LogP contribution in [0.3, 0.4) is 0 Å². The quantitative estimate of drug-likeness (QED) is 0.373. The maximum Gasteiger partial charge on any atom is 0.325 e. The lowest BCUT2D eigenvalue weighted by atomic mass is 9.90. The second-order valence-electron chi connectivity index (χ2n) is 7.09. The molecule has 4 rings (SSSR count). The predicted octanol–water partition coefficient (Wildman–Crippen LogP) is 3.09. The molecule has 1 fully saturated rings. The Morgan fingerprint density at radius 2 is 1.75 bits per heavy atom. The standard InChI is InChI=1S/C22H20N4O2/c1-22(18-5-3-2-4-6-18)20(27)25-21(28)26(22)13-14-7-8-15-9-10-16(19(23)24)12-17(15)11-14/h2-12H,13H2,1H3,(H3,23,24)(H,25,27,28). The van der Waals surface area contributed by atoms with E-state index in [9.17, 15) is 9.59 Å². The zero-order valence-corrected chi connectivity index (χ0v) is 15.4. The van der Waals surface area contributed by atoms with Crippen molar-refractivity contribution in [2.45, 2.75) is 19.0 Å². The fourth-order valence-corrected chi connectivity index (χ4v) is 3.64. The van der Waals surface area contributed by atoms with Gasteiger partial charge in [-0.15, -0.1) is 0 Å². The number of imide groups is 1. The van der Waals surface area contributed by atoms with Gasteiger partial charge in [0.2, 0.25) is 0 Å². The Bertz CT molecular complexity index is 1110. The molecule has 1 saturated heterocycles. The molecule has 4 N–H and O–H groups in total. The van der Waals surface area contributed by atoms with E-state index in [1.54, 1.807) is 11.8 Å². The van der Waals surface area contributed by atoms with Crippen molar-refractivity contribution in [3.8, 4) is 0 Å². The van der Waals surface area contributed by atoms with Crippen molar-refractivity contribution in [1.29, 1.82) is 5.41 Å². The zero-order chi connectivity index (χ0) is 19.9. The minimum absolute atomic E-state index is 0.00785. The van der Waals surface area contributed by atoms with Crippen LogP contribution < -0.4 is 11.1 Å². The van der Waals surface area contributed by atoms with E-state index in [2.05, 4.69) is 5.32 Å². The number of urea groups is 1. The number of nitrogens with two attached hydrogens (primary N) is 1. The number of hydrogen-bond acceptors (Lipinski definition) is 3. The fourth-order valence-electron chi connectivity index (χ4n) is 3.64. The Hall–Kier alpha value is -3.67.